The van der Waals surface area contributed by atoms with Gasteiger partial charge in [-0.25, -0.2) is 4.79 Å². The van der Waals surface area contributed by atoms with Crippen LogP contribution < -0.4 is 0 Å². The molecule has 0 unspecified atom stereocenters. The summed E-state index contributed by atoms with van der Waals surface area (Å²) in [5.74, 6) is -1.13. The van der Waals surface area contributed by atoms with E-state index < -0.39 is 17.7 Å². The van der Waals surface area contributed by atoms with Gasteiger partial charge >= 0.3 is 12.1 Å². The van der Waals surface area contributed by atoms with Gasteiger partial charge in [0.2, 0.25) is 0 Å². The van der Waals surface area contributed by atoms with Crippen molar-refractivity contribution in [2.24, 2.45) is 0 Å². The molecule has 0 aliphatic carbocycles. The first-order valence-electron chi connectivity index (χ1n) is 5.45. The molecule has 98 valence electrons. The minimum atomic E-state index is -4.38. The second-order valence-corrected chi connectivity index (χ2v) is 3.83. The molecule has 0 aliphatic rings. The van der Waals surface area contributed by atoms with E-state index in [4.69, 9.17) is 5.11 Å². The average molecular weight is 258 g/mol. The molecule has 1 N–H and O–H groups in total. The van der Waals surface area contributed by atoms with E-state index in [1.54, 1.807) is 0 Å². The van der Waals surface area contributed by atoms with Crippen LogP contribution in [-0.2, 0) is 17.4 Å². The summed E-state index contributed by atoms with van der Waals surface area (Å²) in [4.78, 5) is 10.4. The summed E-state index contributed by atoms with van der Waals surface area (Å²) >= 11 is 0. The van der Waals surface area contributed by atoms with Crippen LogP contribution in [0.3, 0.4) is 0 Å². The quantitative estimate of drug-likeness (QED) is 0.835. The average Bonchev–Trinajstić information content (AvgIpc) is 2.26. The van der Waals surface area contributed by atoms with E-state index in [0.29, 0.717) is 24.0 Å². The van der Waals surface area contributed by atoms with Crippen molar-refractivity contribution in [3.63, 3.8) is 0 Å². The van der Waals surface area contributed by atoms with Crippen molar-refractivity contribution >= 4 is 12.0 Å². The predicted octanol–water partition coefficient (Wildman–Crippen LogP) is 3.76. The molecule has 18 heavy (non-hydrogen) atoms. The third-order valence-corrected chi connectivity index (χ3v) is 2.40. The van der Waals surface area contributed by atoms with Gasteiger partial charge in [-0.1, -0.05) is 19.4 Å². The third-order valence-electron chi connectivity index (χ3n) is 2.40. The zero-order chi connectivity index (χ0) is 13.8. The molecule has 0 heterocycles. The fraction of sp³-hybridized carbons (Fsp3) is 0.308. The van der Waals surface area contributed by atoms with E-state index in [2.05, 4.69) is 0 Å². The summed E-state index contributed by atoms with van der Waals surface area (Å²) in [5, 5.41) is 8.51. The first kappa shape index (κ1) is 14.3. The second-order valence-electron chi connectivity index (χ2n) is 3.83. The molecule has 0 bridgehead atoms. The SMILES string of the molecule is CCCc1cc(C(F)(F)F)ccc1/C=C/C(=O)O. The van der Waals surface area contributed by atoms with E-state index in [1.807, 2.05) is 6.92 Å². The van der Waals surface area contributed by atoms with Gasteiger partial charge in [-0.3, -0.25) is 0 Å². The highest BCUT2D eigenvalue weighted by Gasteiger charge is 2.30. The number of hydrogen-bond donors (Lipinski definition) is 1. The molecule has 5 heteroatoms. The Morgan fingerprint density at radius 3 is 2.56 bits per heavy atom. The largest absolute Gasteiger partial charge is 0.478 e. The first-order chi connectivity index (χ1) is 8.34. The maximum absolute atomic E-state index is 12.5. The summed E-state index contributed by atoms with van der Waals surface area (Å²) in [6, 6.07) is 3.33. The molecule has 1 rings (SSSR count). The van der Waals surface area contributed by atoms with Crippen LogP contribution in [0, 0.1) is 0 Å². The minimum absolute atomic E-state index is 0.475. The van der Waals surface area contributed by atoms with Crippen molar-refractivity contribution in [1.82, 2.24) is 0 Å². The van der Waals surface area contributed by atoms with Crippen molar-refractivity contribution in [3.8, 4) is 0 Å². The van der Waals surface area contributed by atoms with Crippen molar-refractivity contribution in [3.05, 3.63) is 41.0 Å². The van der Waals surface area contributed by atoms with Gasteiger partial charge in [-0.15, -0.1) is 0 Å². The Morgan fingerprint density at radius 1 is 1.39 bits per heavy atom. The Labute approximate surface area is 103 Å². The lowest BCUT2D eigenvalue weighted by Gasteiger charge is -2.11. The Kier molecular flexibility index (Phi) is 4.53. The van der Waals surface area contributed by atoms with Crippen molar-refractivity contribution < 1.29 is 23.1 Å². The van der Waals surface area contributed by atoms with Crippen LogP contribution in [0.15, 0.2) is 24.3 Å². The lowest BCUT2D eigenvalue weighted by molar-refractivity contribution is -0.137. The van der Waals surface area contributed by atoms with Gasteiger partial charge in [0.05, 0.1) is 5.56 Å². The molecule has 0 atom stereocenters. The number of halogens is 3. The number of hydrogen-bond acceptors (Lipinski definition) is 1. The van der Waals surface area contributed by atoms with Crippen LogP contribution in [0.25, 0.3) is 6.08 Å². The summed E-state index contributed by atoms with van der Waals surface area (Å²) in [6.45, 7) is 1.85. The number of alkyl halides is 3. The molecule has 0 aliphatic heterocycles. The molecule has 0 fully saturated rings. The second kappa shape index (κ2) is 5.71. The Balaban J connectivity index is 3.16. The van der Waals surface area contributed by atoms with Crippen molar-refractivity contribution in [2.75, 3.05) is 0 Å². The molecule has 0 saturated heterocycles. The van der Waals surface area contributed by atoms with Gasteiger partial charge in [-0.05, 0) is 35.8 Å². The van der Waals surface area contributed by atoms with Crippen molar-refractivity contribution in [2.45, 2.75) is 25.9 Å². The summed E-state index contributed by atoms with van der Waals surface area (Å²) in [7, 11) is 0. The van der Waals surface area contributed by atoms with Gasteiger partial charge < -0.3 is 5.11 Å². The van der Waals surface area contributed by atoms with E-state index in [-0.39, 0.29) is 0 Å². The molecule has 2 nitrogen and oxygen atoms in total. The lowest BCUT2D eigenvalue weighted by Crippen LogP contribution is -2.06. The van der Waals surface area contributed by atoms with E-state index in [1.165, 1.54) is 12.1 Å². The highest BCUT2D eigenvalue weighted by molar-refractivity contribution is 5.85. The van der Waals surface area contributed by atoms with Crippen LogP contribution in [0.5, 0.6) is 0 Å². The maximum atomic E-state index is 12.5. The smallest absolute Gasteiger partial charge is 0.416 e. The van der Waals surface area contributed by atoms with Gasteiger partial charge in [-0.2, -0.15) is 13.2 Å². The van der Waals surface area contributed by atoms with Crippen molar-refractivity contribution in [1.29, 1.82) is 0 Å². The number of carboxylic acid groups (broad SMARTS) is 1. The molecule has 0 spiro atoms. The van der Waals surface area contributed by atoms with Gasteiger partial charge in [0.1, 0.15) is 0 Å². The molecule has 0 aromatic heterocycles. The zero-order valence-corrected chi connectivity index (χ0v) is 9.79. The molecule has 0 radical (unpaired) electrons. The molecule has 0 amide bonds. The highest BCUT2D eigenvalue weighted by Crippen LogP contribution is 2.31. The van der Waals surface area contributed by atoms with Crippen LogP contribution in [0.4, 0.5) is 13.2 Å². The number of rotatable bonds is 4. The van der Waals surface area contributed by atoms with Gasteiger partial charge in [0, 0.05) is 6.08 Å². The Hall–Kier alpha value is -1.78. The fourth-order valence-corrected chi connectivity index (χ4v) is 1.59. The number of carboxylic acids is 1. The van der Waals surface area contributed by atoms with Crippen LogP contribution in [0.1, 0.15) is 30.0 Å². The lowest BCUT2D eigenvalue weighted by atomic mass is 9.99. The molecule has 1 aromatic rings. The molecule has 1 aromatic carbocycles. The summed E-state index contributed by atoms with van der Waals surface area (Å²) in [6.07, 6.45) is -0.981. The molecular weight excluding hydrogens is 245 g/mol. The first-order valence-corrected chi connectivity index (χ1v) is 5.45. The zero-order valence-electron chi connectivity index (χ0n) is 9.79. The van der Waals surface area contributed by atoms with E-state index >= 15 is 0 Å². The monoisotopic (exact) mass is 258 g/mol. The van der Waals surface area contributed by atoms with Crippen LogP contribution in [0.2, 0.25) is 0 Å². The summed E-state index contributed by atoms with van der Waals surface area (Å²) in [5.41, 5.74) is 0.301. The normalized spacial score (nSPS) is 12.0. The Morgan fingerprint density at radius 2 is 2.06 bits per heavy atom. The third kappa shape index (κ3) is 3.91. The van der Waals surface area contributed by atoms with Crippen LogP contribution >= 0.6 is 0 Å². The van der Waals surface area contributed by atoms with Gasteiger partial charge in [0.15, 0.2) is 0 Å². The van der Waals surface area contributed by atoms with E-state index in [0.717, 1.165) is 18.2 Å². The van der Waals surface area contributed by atoms with Gasteiger partial charge in [0.25, 0.3) is 0 Å². The Bertz CT molecular complexity index is 462. The maximum Gasteiger partial charge on any atom is 0.416 e. The fourth-order valence-electron chi connectivity index (χ4n) is 1.59. The molecule has 0 saturated carbocycles. The summed E-state index contributed by atoms with van der Waals surface area (Å²) < 4.78 is 37.6. The number of carbonyl (C=O) groups is 1. The number of aliphatic carboxylic acids is 1. The van der Waals surface area contributed by atoms with Crippen LogP contribution in [-0.4, -0.2) is 11.1 Å². The molecular formula is C13H13F3O2. The number of benzene rings is 1. The highest BCUT2D eigenvalue weighted by atomic mass is 19.4. The topological polar surface area (TPSA) is 37.3 Å². The minimum Gasteiger partial charge on any atom is -0.478 e. The standard InChI is InChI=1S/C13H13F3O2/c1-2-3-10-8-11(13(14,15)16)6-4-9(10)5-7-12(17)18/h4-8H,2-3H2,1H3,(H,17,18)/b7-5+. The predicted molar refractivity (Wildman–Crippen MR) is 62.1 cm³/mol. The number of aryl methyl sites for hydroxylation is 1. The van der Waals surface area contributed by atoms with E-state index in [9.17, 15) is 18.0 Å².